The van der Waals surface area contributed by atoms with Gasteiger partial charge >= 0.3 is 0 Å². The van der Waals surface area contributed by atoms with Crippen LogP contribution in [0.4, 0.5) is 0 Å². The third kappa shape index (κ3) is 1.54. The number of carbonyl (C=O) groups is 4. The number of fused-ring (bicyclic) bond motifs is 2. The Morgan fingerprint density at radius 1 is 1.00 bits per heavy atom. The van der Waals surface area contributed by atoms with Crippen molar-refractivity contribution in [1.29, 1.82) is 0 Å². The van der Waals surface area contributed by atoms with Crippen molar-refractivity contribution < 1.29 is 23.9 Å². The van der Waals surface area contributed by atoms with E-state index in [1.54, 1.807) is 0 Å². The summed E-state index contributed by atoms with van der Waals surface area (Å²) in [5.41, 5.74) is 0. The Bertz CT molecular complexity index is 438. The van der Waals surface area contributed by atoms with E-state index in [2.05, 4.69) is 5.32 Å². The van der Waals surface area contributed by atoms with E-state index in [0.29, 0.717) is 12.8 Å². The highest BCUT2D eigenvalue weighted by Gasteiger charge is 2.51. The largest absolute Gasteiger partial charge is 0.355 e. The van der Waals surface area contributed by atoms with Crippen LogP contribution in [-0.2, 0) is 23.9 Å². The van der Waals surface area contributed by atoms with E-state index in [4.69, 9.17) is 4.74 Å². The second-order valence-corrected chi connectivity index (χ2v) is 4.70. The Hall–Kier alpha value is -1.76. The Labute approximate surface area is 102 Å². The maximum absolute atomic E-state index is 12.0. The Morgan fingerprint density at radius 3 is 2.17 bits per heavy atom. The van der Waals surface area contributed by atoms with Gasteiger partial charge in [0.05, 0.1) is 0 Å². The molecule has 7 heteroatoms. The molecule has 3 rings (SSSR count). The number of morpholine rings is 1. The van der Waals surface area contributed by atoms with E-state index in [-0.39, 0.29) is 18.7 Å². The van der Waals surface area contributed by atoms with E-state index in [1.807, 2.05) is 0 Å². The van der Waals surface area contributed by atoms with Crippen LogP contribution in [0, 0.1) is 0 Å². The highest BCUT2D eigenvalue weighted by Crippen LogP contribution is 2.30. The quantitative estimate of drug-likeness (QED) is 0.586. The molecule has 0 aromatic rings. The van der Waals surface area contributed by atoms with Crippen LogP contribution in [0.3, 0.4) is 0 Å². The zero-order valence-electron chi connectivity index (χ0n) is 9.55. The van der Waals surface area contributed by atoms with E-state index in [9.17, 15) is 19.2 Å². The number of carbonyl (C=O) groups excluding carboxylic acids is 4. The number of piperidine rings is 1. The molecule has 0 aromatic heterocycles. The molecule has 96 valence electrons. The first kappa shape index (κ1) is 11.3. The van der Waals surface area contributed by atoms with E-state index in [0.717, 1.165) is 4.90 Å². The number of hydrogen-bond acceptors (Lipinski definition) is 5. The van der Waals surface area contributed by atoms with E-state index < -0.39 is 36.0 Å². The highest BCUT2D eigenvalue weighted by molar-refractivity contribution is 6.09. The summed E-state index contributed by atoms with van der Waals surface area (Å²) in [5.74, 6) is -1.85. The SMILES string of the molecule is O=C1CCC(N2C(=O)C3CCC(O3)C2=O)C(=O)N1. The maximum Gasteiger partial charge on any atom is 0.259 e. The van der Waals surface area contributed by atoms with Gasteiger partial charge in [-0.3, -0.25) is 29.4 Å². The molecule has 2 bridgehead atoms. The molecule has 3 fully saturated rings. The number of imide groups is 2. The fourth-order valence-electron chi connectivity index (χ4n) is 2.66. The van der Waals surface area contributed by atoms with Crippen molar-refractivity contribution in [2.45, 2.75) is 43.9 Å². The number of ether oxygens (including phenoxy) is 1. The molecule has 0 spiro atoms. The minimum atomic E-state index is -0.866. The first-order valence-corrected chi connectivity index (χ1v) is 5.94. The van der Waals surface area contributed by atoms with Crippen molar-refractivity contribution >= 4 is 23.6 Å². The van der Waals surface area contributed by atoms with Crippen LogP contribution in [0.25, 0.3) is 0 Å². The van der Waals surface area contributed by atoms with Gasteiger partial charge in [0.25, 0.3) is 11.8 Å². The lowest BCUT2D eigenvalue weighted by Gasteiger charge is -2.36. The minimum Gasteiger partial charge on any atom is -0.355 e. The van der Waals surface area contributed by atoms with Crippen LogP contribution in [0.15, 0.2) is 0 Å². The number of amides is 4. The first-order chi connectivity index (χ1) is 8.58. The number of nitrogens with one attached hydrogen (secondary N) is 1. The first-order valence-electron chi connectivity index (χ1n) is 5.94. The summed E-state index contributed by atoms with van der Waals surface area (Å²) in [6.07, 6.45) is 0.139. The summed E-state index contributed by atoms with van der Waals surface area (Å²) in [7, 11) is 0. The summed E-state index contributed by atoms with van der Waals surface area (Å²) in [6, 6.07) is -0.866. The lowest BCUT2D eigenvalue weighted by atomic mass is 10.0. The second-order valence-electron chi connectivity index (χ2n) is 4.70. The van der Waals surface area contributed by atoms with Crippen LogP contribution < -0.4 is 5.32 Å². The summed E-state index contributed by atoms with van der Waals surface area (Å²) in [5, 5.41) is 2.15. The predicted octanol–water partition coefficient (Wildman–Crippen LogP) is -1.29. The molecule has 7 nitrogen and oxygen atoms in total. The van der Waals surface area contributed by atoms with Crippen molar-refractivity contribution in [1.82, 2.24) is 10.2 Å². The third-order valence-corrected chi connectivity index (χ3v) is 3.57. The van der Waals surface area contributed by atoms with Crippen molar-refractivity contribution in [2.24, 2.45) is 0 Å². The van der Waals surface area contributed by atoms with Crippen molar-refractivity contribution in [2.75, 3.05) is 0 Å². The molecule has 0 radical (unpaired) electrons. The van der Waals surface area contributed by atoms with Crippen LogP contribution >= 0.6 is 0 Å². The van der Waals surface area contributed by atoms with Gasteiger partial charge in [0.2, 0.25) is 11.8 Å². The average Bonchev–Trinajstić information content (AvgIpc) is 2.76. The van der Waals surface area contributed by atoms with Gasteiger partial charge < -0.3 is 4.74 Å². The van der Waals surface area contributed by atoms with E-state index >= 15 is 0 Å². The minimum absolute atomic E-state index is 0.143. The van der Waals surface area contributed by atoms with Gasteiger partial charge in [-0.2, -0.15) is 0 Å². The molecule has 4 amide bonds. The molecule has 3 aliphatic rings. The number of nitrogens with zero attached hydrogens (tertiary/aromatic N) is 1. The van der Waals surface area contributed by atoms with Gasteiger partial charge in [-0.25, -0.2) is 0 Å². The van der Waals surface area contributed by atoms with Gasteiger partial charge in [-0.15, -0.1) is 0 Å². The van der Waals surface area contributed by atoms with Gasteiger partial charge in [0.1, 0.15) is 18.2 Å². The molecule has 3 heterocycles. The number of hydrogen-bond donors (Lipinski definition) is 1. The molecule has 3 aliphatic heterocycles. The summed E-state index contributed by atoms with van der Waals surface area (Å²) >= 11 is 0. The third-order valence-electron chi connectivity index (χ3n) is 3.57. The monoisotopic (exact) mass is 252 g/mol. The zero-order valence-corrected chi connectivity index (χ0v) is 9.55. The Balaban J connectivity index is 1.87. The molecule has 0 saturated carbocycles. The topological polar surface area (TPSA) is 92.8 Å². The molecule has 3 unspecified atom stereocenters. The lowest BCUT2D eigenvalue weighted by molar-refractivity contribution is -0.174. The van der Waals surface area contributed by atoms with Gasteiger partial charge in [0.15, 0.2) is 0 Å². The normalized spacial score (nSPS) is 36.0. The zero-order chi connectivity index (χ0) is 12.9. The maximum atomic E-state index is 12.0. The summed E-state index contributed by atoms with van der Waals surface area (Å²) in [6.45, 7) is 0. The fraction of sp³-hybridized carbons (Fsp3) is 0.636. The molecule has 0 aliphatic carbocycles. The lowest BCUT2D eigenvalue weighted by Crippen LogP contribution is -2.61. The van der Waals surface area contributed by atoms with Gasteiger partial charge in [0, 0.05) is 6.42 Å². The predicted molar refractivity (Wildman–Crippen MR) is 55.9 cm³/mol. The van der Waals surface area contributed by atoms with Gasteiger partial charge in [-0.05, 0) is 19.3 Å². The summed E-state index contributed by atoms with van der Waals surface area (Å²) in [4.78, 5) is 47.8. The summed E-state index contributed by atoms with van der Waals surface area (Å²) < 4.78 is 5.26. The van der Waals surface area contributed by atoms with Crippen LogP contribution in [0.1, 0.15) is 25.7 Å². The molecular formula is C11H12N2O5. The smallest absolute Gasteiger partial charge is 0.259 e. The molecule has 18 heavy (non-hydrogen) atoms. The van der Waals surface area contributed by atoms with Gasteiger partial charge in [-0.1, -0.05) is 0 Å². The molecule has 3 atom stereocenters. The molecule has 1 N–H and O–H groups in total. The molecular weight excluding hydrogens is 240 g/mol. The average molecular weight is 252 g/mol. The second kappa shape index (κ2) is 3.88. The van der Waals surface area contributed by atoms with Crippen LogP contribution in [-0.4, -0.2) is 46.8 Å². The van der Waals surface area contributed by atoms with E-state index in [1.165, 1.54) is 0 Å². The molecule has 3 saturated heterocycles. The standard InChI is InChI=1S/C11H12N2O5/c14-8-4-1-5(9(15)12-8)13-10(16)6-2-3-7(18-6)11(13)17/h5-7H,1-4H2,(H,12,14,15). The van der Waals surface area contributed by atoms with Crippen LogP contribution in [0.2, 0.25) is 0 Å². The number of likely N-dealkylation sites (tertiary alicyclic amines) is 1. The number of rotatable bonds is 1. The van der Waals surface area contributed by atoms with Crippen molar-refractivity contribution in [3.63, 3.8) is 0 Å². The highest BCUT2D eigenvalue weighted by atomic mass is 16.5. The molecule has 0 aromatic carbocycles. The van der Waals surface area contributed by atoms with Crippen molar-refractivity contribution in [3.05, 3.63) is 0 Å². The van der Waals surface area contributed by atoms with Crippen molar-refractivity contribution in [3.8, 4) is 0 Å². The fourth-order valence-corrected chi connectivity index (χ4v) is 2.66. The van der Waals surface area contributed by atoms with Crippen LogP contribution in [0.5, 0.6) is 0 Å². The Kier molecular flexibility index (Phi) is 2.44. The Morgan fingerprint density at radius 2 is 1.61 bits per heavy atom.